The van der Waals surface area contributed by atoms with Crippen LogP contribution in [0.1, 0.15) is 17.2 Å². The molecule has 3 heteroatoms. The highest BCUT2D eigenvalue weighted by atomic mass is 79.9. The Hall–Kier alpha value is -1.19. The molecule has 0 aliphatic heterocycles. The molecule has 0 fully saturated rings. The standard InChI is InChI=1S/C14H15BrN2/c1-16-14(12-5-3-2-4-6-12)8-11-7-13(15)10-17-9-11/h2-7,9-10,14,16H,8H2,1H3. The van der Waals surface area contributed by atoms with Crippen molar-refractivity contribution in [3.63, 3.8) is 0 Å². The number of halogens is 1. The number of likely N-dealkylation sites (N-methyl/N-ethyl adjacent to an activating group) is 1. The molecule has 0 bridgehead atoms. The van der Waals surface area contributed by atoms with Crippen LogP contribution in [0.15, 0.2) is 53.3 Å². The Balaban J connectivity index is 2.16. The van der Waals surface area contributed by atoms with Gasteiger partial charge in [-0.2, -0.15) is 0 Å². The average molecular weight is 291 g/mol. The van der Waals surface area contributed by atoms with Gasteiger partial charge in [0.1, 0.15) is 0 Å². The van der Waals surface area contributed by atoms with Crippen LogP contribution in [0.3, 0.4) is 0 Å². The van der Waals surface area contributed by atoms with E-state index in [1.165, 1.54) is 11.1 Å². The first-order chi connectivity index (χ1) is 8.29. The second-order valence-corrected chi connectivity index (χ2v) is 4.88. The zero-order valence-electron chi connectivity index (χ0n) is 9.73. The minimum absolute atomic E-state index is 0.326. The Morgan fingerprint density at radius 1 is 1.24 bits per heavy atom. The molecule has 1 aromatic carbocycles. The fraction of sp³-hybridized carbons (Fsp3) is 0.214. The van der Waals surface area contributed by atoms with Crippen LogP contribution in [0.2, 0.25) is 0 Å². The van der Waals surface area contributed by atoms with E-state index in [4.69, 9.17) is 0 Å². The van der Waals surface area contributed by atoms with E-state index >= 15 is 0 Å². The van der Waals surface area contributed by atoms with E-state index in [0.717, 1.165) is 10.9 Å². The summed E-state index contributed by atoms with van der Waals surface area (Å²) < 4.78 is 1.03. The average Bonchev–Trinajstić information content (AvgIpc) is 2.37. The normalized spacial score (nSPS) is 12.4. The van der Waals surface area contributed by atoms with Gasteiger partial charge in [-0.1, -0.05) is 30.3 Å². The molecule has 1 unspecified atom stereocenters. The van der Waals surface area contributed by atoms with Gasteiger partial charge in [0.25, 0.3) is 0 Å². The van der Waals surface area contributed by atoms with Gasteiger partial charge in [0.2, 0.25) is 0 Å². The summed E-state index contributed by atoms with van der Waals surface area (Å²) in [6, 6.07) is 12.9. The summed E-state index contributed by atoms with van der Waals surface area (Å²) in [6.07, 6.45) is 4.66. The number of rotatable bonds is 4. The van der Waals surface area contributed by atoms with Crippen molar-refractivity contribution in [3.8, 4) is 0 Å². The Morgan fingerprint density at radius 3 is 2.65 bits per heavy atom. The van der Waals surface area contributed by atoms with Crippen molar-refractivity contribution >= 4 is 15.9 Å². The topological polar surface area (TPSA) is 24.9 Å². The molecular weight excluding hydrogens is 276 g/mol. The van der Waals surface area contributed by atoms with Gasteiger partial charge in [-0.25, -0.2) is 0 Å². The summed E-state index contributed by atoms with van der Waals surface area (Å²) in [6.45, 7) is 0. The van der Waals surface area contributed by atoms with Crippen molar-refractivity contribution in [1.29, 1.82) is 0 Å². The number of nitrogens with one attached hydrogen (secondary N) is 1. The molecule has 1 N–H and O–H groups in total. The van der Waals surface area contributed by atoms with Gasteiger partial charge in [-0.3, -0.25) is 4.98 Å². The van der Waals surface area contributed by atoms with Crippen molar-refractivity contribution in [1.82, 2.24) is 10.3 Å². The third-order valence-electron chi connectivity index (χ3n) is 2.75. The summed E-state index contributed by atoms with van der Waals surface area (Å²) in [5.41, 5.74) is 2.53. The molecule has 2 rings (SSSR count). The maximum atomic E-state index is 4.19. The summed E-state index contributed by atoms with van der Waals surface area (Å²) >= 11 is 3.45. The lowest BCUT2D eigenvalue weighted by molar-refractivity contribution is 0.591. The molecule has 0 spiro atoms. The second-order valence-electron chi connectivity index (χ2n) is 3.97. The molecule has 0 amide bonds. The molecule has 2 aromatic rings. The molecule has 0 aliphatic rings. The number of hydrogen-bond acceptors (Lipinski definition) is 2. The first-order valence-corrected chi connectivity index (χ1v) is 6.40. The summed E-state index contributed by atoms with van der Waals surface area (Å²) in [4.78, 5) is 4.19. The van der Waals surface area contributed by atoms with Crippen molar-refractivity contribution in [2.45, 2.75) is 12.5 Å². The highest BCUT2D eigenvalue weighted by Crippen LogP contribution is 2.19. The van der Waals surface area contributed by atoms with Crippen LogP contribution in [0, 0.1) is 0 Å². The predicted octanol–water partition coefficient (Wildman–Crippen LogP) is 3.35. The molecule has 2 nitrogen and oxygen atoms in total. The third-order valence-corrected chi connectivity index (χ3v) is 3.19. The number of benzene rings is 1. The third kappa shape index (κ3) is 3.38. The van der Waals surface area contributed by atoms with Crippen molar-refractivity contribution in [2.75, 3.05) is 7.05 Å². The number of pyridine rings is 1. The molecule has 0 radical (unpaired) electrons. The fourth-order valence-corrected chi connectivity index (χ4v) is 2.29. The van der Waals surface area contributed by atoms with E-state index in [9.17, 15) is 0 Å². The molecule has 0 saturated heterocycles. The van der Waals surface area contributed by atoms with Crippen molar-refractivity contribution in [3.05, 3.63) is 64.4 Å². The molecule has 0 aliphatic carbocycles. The van der Waals surface area contributed by atoms with Crippen molar-refractivity contribution < 1.29 is 0 Å². The van der Waals surface area contributed by atoms with Crippen molar-refractivity contribution in [2.24, 2.45) is 0 Å². The van der Waals surface area contributed by atoms with Gasteiger partial charge in [-0.15, -0.1) is 0 Å². The van der Waals surface area contributed by atoms with Crippen LogP contribution in [0.5, 0.6) is 0 Å². The highest BCUT2D eigenvalue weighted by Gasteiger charge is 2.09. The highest BCUT2D eigenvalue weighted by molar-refractivity contribution is 9.10. The Labute approximate surface area is 110 Å². The van der Waals surface area contributed by atoms with Crippen LogP contribution >= 0.6 is 15.9 Å². The lowest BCUT2D eigenvalue weighted by Gasteiger charge is -2.16. The summed E-state index contributed by atoms with van der Waals surface area (Å²) in [5.74, 6) is 0. The van der Waals surface area contributed by atoms with E-state index in [2.05, 4.69) is 56.6 Å². The maximum absolute atomic E-state index is 4.19. The lowest BCUT2D eigenvalue weighted by atomic mass is 10.0. The first-order valence-electron chi connectivity index (χ1n) is 5.61. The minimum atomic E-state index is 0.326. The molecule has 1 atom stereocenters. The van der Waals surface area contributed by atoms with E-state index in [1.54, 1.807) is 6.20 Å². The largest absolute Gasteiger partial charge is 0.313 e. The monoisotopic (exact) mass is 290 g/mol. The second kappa shape index (κ2) is 5.94. The van der Waals surface area contributed by atoms with Crippen LogP contribution in [0.4, 0.5) is 0 Å². The van der Waals surface area contributed by atoms with Gasteiger partial charge in [0, 0.05) is 22.9 Å². The SMILES string of the molecule is CNC(Cc1cncc(Br)c1)c1ccccc1. The van der Waals surface area contributed by atoms with E-state index in [1.807, 2.05) is 19.3 Å². The zero-order valence-corrected chi connectivity index (χ0v) is 11.3. The van der Waals surface area contributed by atoms with Gasteiger partial charge in [0.15, 0.2) is 0 Å². The zero-order chi connectivity index (χ0) is 12.1. The van der Waals surface area contributed by atoms with Gasteiger partial charge in [-0.05, 0) is 46.6 Å². The van der Waals surface area contributed by atoms with Gasteiger partial charge in [0.05, 0.1) is 0 Å². The van der Waals surface area contributed by atoms with Gasteiger partial charge >= 0.3 is 0 Å². The molecule has 1 heterocycles. The predicted molar refractivity (Wildman–Crippen MR) is 73.9 cm³/mol. The first kappa shape index (κ1) is 12.3. The quantitative estimate of drug-likeness (QED) is 0.934. The summed E-state index contributed by atoms with van der Waals surface area (Å²) in [5, 5.41) is 3.34. The van der Waals surface area contributed by atoms with Crippen LogP contribution in [0.25, 0.3) is 0 Å². The lowest BCUT2D eigenvalue weighted by Crippen LogP contribution is -2.18. The molecule has 1 aromatic heterocycles. The molecule has 88 valence electrons. The van der Waals surface area contributed by atoms with Gasteiger partial charge < -0.3 is 5.32 Å². The Morgan fingerprint density at radius 2 is 2.00 bits per heavy atom. The minimum Gasteiger partial charge on any atom is -0.313 e. The summed E-state index contributed by atoms with van der Waals surface area (Å²) in [7, 11) is 1.99. The molecular formula is C14H15BrN2. The van der Waals surface area contributed by atoms with Crippen LogP contribution in [-0.2, 0) is 6.42 Å². The van der Waals surface area contributed by atoms with E-state index in [-0.39, 0.29) is 0 Å². The smallest absolute Gasteiger partial charge is 0.0410 e. The maximum Gasteiger partial charge on any atom is 0.0410 e. The van der Waals surface area contributed by atoms with Crippen LogP contribution in [-0.4, -0.2) is 12.0 Å². The molecule has 0 saturated carbocycles. The number of aromatic nitrogens is 1. The fourth-order valence-electron chi connectivity index (χ4n) is 1.88. The van der Waals surface area contributed by atoms with Crippen LogP contribution < -0.4 is 5.32 Å². The van der Waals surface area contributed by atoms with E-state index in [0.29, 0.717) is 6.04 Å². The Bertz CT molecular complexity index is 471. The van der Waals surface area contributed by atoms with E-state index < -0.39 is 0 Å². The Kier molecular flexibility index (Phi) is 4.29. The number of nitrogens with zero attached hydrogens (tertiary/aromatic N) is 1. The number of hydrogen-bond donors (Lipinski definition) is 1. The molecule has 17 heavy (non-hydrogen) atoms.